The second-order valence-corrected chi connectivity index (χ2v) is 6.57. The summed E-state index contributed by atoms with van der Waals surface area (Å²) in [5.41, 5.74) is 0.751. The number of rotatable bonds is 1. The Bertz CT molecular complexity index is 676. The molecule has 0 atom stereocenters. The van der Waals surface area contributed by atoms with Crippen LogP contribution in [0.1, 0.15) is 0 Å². The second kappa shape index (κ2) is 5.82. The Kier molecular flexibility index (Phi) is 4.26. The van der Waals surface area contributed by atoms with Crippen molar-refractivity contribution in [1.29, 1.82) is 0 Å². The standard InChI is InChI=1S/C12H6BrCl2IN2O2/c13-6-3-5(4-7-9(6)20-2-1-19-7)12-17-10(14)8(16)11(15)18-12/h3-4H,1-2H2. The molecule has 2 heterocycles. The normalized spacial score (nSPS) is 13.4. The van der Waals surface area contributed by atoms with Gasteiger partial charge in [0.05, 0.1) is 8.04 Å². The van der Waals surface area contributed by atoms with E-state index in [-0.39, 0.29) is 0 Å². The van der Waals surface area contributed by atoms with Crippen LogP contribution in [0.3, 0.4) is 0 Å². The lowest BCUT2D eigenvalue weighted by Crippen LogP contribution is -2.15. The molecule has 1 aromatic carbocycles. The van der Waals surface area contributed by atoms with Crippen molar-refractivity contribution < 1.29 is 9.47 Å². The van der Waals surface area contributed by atoms with E-state index in [1.54, 1.807) is 0 Å². The molecule has 4 nitrogen and oxygen atoms in total. The minimum absolute atomic E-state index is 0.326. The Balaban J connectivity index is 2.13. The summed E-state index contributed by atoms with van der Waals surface area (Å²) in [6, 6.07) is 3.66. The fourth-order valence-corrected chi connectivity index (χ4v) is 2.95. The van der Waals surface area contributed by atoms with Crippen molar-refractivity contribution in [2.24, 2.45) is 0 Å². The van der Waals surface area contributed by atoms with Crippen LogP contribution in [0.25, 0.3) is 11.4 Å². The molecule has 0 N–H and O–H groups in total. The highest BCUT2D eigenvalue weighted by atomic mass is 127. The van der Waals surface area contributed by atoms with E-state index >= 15 is 0 Å². The van der Waals surface area contributed by atoms with Gasteiger partial charge in [0, 0.05) is 5.56 Å². The van der Waals surface area contributed by atoms with Gasteiger partial charge in [-0.05, 0) is 50.7 Å². The zero-order valence-electron chi connectivity index (χ0n) is 9.79. The Morgan fingerprint density at radius 3 is 2.45 bits per heavy atom. The summed E-state index contributed by atoms with van der Waals surface area (Å²) in [6.45, 7) is 1.04. The van der Waals surface area contributed by atoms with Crippen LogP contribution < -0.4 is 9.47 Å². The van der Waals surface area contributed by atoms with Crippen molar-refractivity contribution in [2.75, 3.05) is 13.2 Å². The van der Waals surface area contributed by atoms with Crippen molar-refractivity contribution in [3.63, 3.8) is 0 Å². The molecule has 1 aliphatic heterocycles. The summed E-state index contributed by atoms with van der Waals surface area (Å²) in [7, 11) is 0. The van der Waals surface area contributed by atoms with Crippen molar-refractivity contribution in [3.8, 4) is 22.9 Å². The van der Waals surface area contributed by atoms with Gasteiger partial charge in [-0.25, -0.2) is 9.97 Å². The van der Waals surface area contributed by atoms with Gasteiger partial charge in [-0.3, -0.25) is 0 Å². The Labute approximate surface area is 147 Å². The number of hydrogen-bond acceptors (Lipinski definition) is 4. The maximum absolute atomic E-state index is 6.04. The van der Waals surface area contributed by atoms with Crippen LogP contribution >= 0.6 is 61.7 Å². The van der Waals surface area contributed by atoms with Crippen LogP contribution in [0.2, 0.25) is 10.3 Å². The van der Waals surface area contributed by atoms with Crippen LogP contribution in [0.5, 0.6) is 11.5 Å². The predicted octanol–water partition coefficient (Wildman–Crippen LogP) is 4.59. The Morgan fingerprint density at radius 2 is 1.75 bits per heavy atom. The fourth-order valence-electron chi connectivity index (χ4n) is 1.76. The topological polar surface area (TPSA) is 44.2 Å². The molecule has 20 heavy (non-hydrogen) atoms. The average molecular weight is 488 g/mol. The van der Waals surface area contributed by atoms with Gasteiger partial charge in [0.25, 0.3) is 0 Å². The van der Waals surface area contributed by atoms with Crippen LogP contribution in [0, 0.1) is 3.57 Å². The van der Waals surface area contributed by atoms with Crippen LogP contribution in [-0.4, -0.2) is 23.2 Å². The quantitative estimate of drug-likeness (QED) is 0.436. The van der Waals surface area contributed by atoms with E-state index < -0.39 is 0 Å². The molecule has 1 aliphatic rings. The van der Waals surface area contributed by atoms with Crippen molar-refractivity contribution in [2.45, 2.75) is 0 Å². The first-order valence-corrected chi connectivity index (χ1v) is 8.17. The lowest BCUT2D eigenvalue weighted by molar-refractivity contribution is 0.170. The summed E-state index contributed by atoms with van der Waals surface area (Å²) in [5.74, 6) is 1.77. The van der Waals surface area contributed by atoms with Gasteiger partial charge in [0.1, 0.15) is 23.5 Å². The lowest BCUT2D eigenvalue weighted by atomic mass is 10.2. The molecule has 0 fully saturated rings. The second-order valence-electron chi connectivity index (χ2n) is 3.93. The Morgan fingerprint density at radius 1 is 1.10 bits per heavy atom. The third kappa shape index (κ3) is 2.70. The smallest absolute Gasteiger partial charge is 0.175 e. The fraction of sp³-hybridized carbons (Fsp3) is 0.167. The molecule has 0 amide bonds. The van der Waals surface area contributed by atoms with Crippen molar-refractivity contribution in [1.82, 2.24) is 9.97 Å². The average Bonchev–Trinajstić information content (AvgIpc) is 2.44. The maximum atomic E-state index is 6.04. The van der Waals surface area contributed by atoms with Gasteiger partial charge in [0.15, 0.2) is 17.3 Å². The molecule has 0 aliphatic carbocycles. The van der Waals surface area contributed by atoms with Gasteiger partial charge >= 0.3 is 0 Å². The number of nitrogens with zero attached hydrogens (tertiary/aromatic N) is 2. The number of halogens is 4. The predicted molar refractivity (Wildman–Crippen MR) is 88.9 cm³/mol. The molecule has 0 saturated heterocycles. The van der Waals surface area contributed by atoms with E-state index in [1.165, 1.54) is 0 Å². The zero-order valence-corrected chi connectivity index (χ0v) is 15.0. The molecule has 0 spiro atoms. The molecule has 104 valence electrons. The zero-order chi connectivity index (χ0) is 14.3. The molecule has 0 radical (unpaired) electrons. The summed E-state index contributed by atoms with van der Waals surface area (Å²) < 4.78 is 12.5. The van der Waals surface area contributed by atoms with Gasteiger partial charge in [0.2, 0.25) is 0 Å². The van der Waals surface area contributed by atoms with Crippen molar-refractivity contribution in [3.05, 3.63) is 30.5 Å². The highest BCUT2D eigenvalue weighted by Crippen LogP contribution is 2.41. The van der Waals surface area contributed by atoms with E-state index in [9.17, 15) is 0 Å². The molecule has 8 heteroatoms. The lowest BCUT2D eigenvalue weighted by Gasteiger charge is -2.20. The largest absolute Gasteiger partial charge is 0.486 e. The van der Waals surface area contributed by atoms with E-state index in [0.717, 1.165) is 10.0 Å². The van der Waals surface area contributed by atoms with Crippen LogP contribution in [-0.2, 0) is 0 Å². The van der Waals surface area contributed by atoms with Crippen molar-refractivity contribution >= 4 is 61.7 Å². The number of benzene rings is 1. The summed E-state index contributed by atoms with van der Waals surface area (Å²) in [6.07, 6.45) is 0. The number of ether oxygens (including phenoxy) is 2. The highest BCUT2D eigenvalue weighted by molar-refractivity contribution is 14.1. The first-order chi connectivity index (χ1) is 9.56. The summed E-state index contributed by atoms with van der Waals surface area (Å²) >= 11 is 17.5. The number of hydrogen-bond donors (Lipinski definition) is 0. The van der Waals surface area contributed by atoms with E-state index in [1.807, 2.05) is 34.7 Å². The first kappa shape index (κ1) is 14.6. The summed E-state index contributed by atoms with van der Waals surface area (Å²) in [5, 5.41) is 0.651. The third-order valence-corrected chi connectivity index (χ3v) is 5.42. The molecule has 1 aromatic heterocycles. The molecule has 0 unspecified atom stereocenters. The highest BCUT2D eigenvalue weighted by Gasteiger charge is 2.19. The third-order valence-electron chi connectivity index (χ3n) is 2.63. The van der Waals surface area contributed by atoms with E-state index in [4.69, 9.17) is 32.7 Å². The first-order valence-electron chi connectivity index (χ1n) is 5.54. The monoisotopic (exact) mass is 486 g/mol. The molecular weight excluding hydrogens is 482 g/mol. The molecule has 2 aromatic rings. The van der Waals surface area contributed by atoms with Gasteiger partial charge in [-0.2, -0.15) is 0 Å². The van der Waals surface area contributed by atoms with Crippen LogP contribution in [0.15, 0.2) is 16.6 Å². The minimum Gasteiger partial charge on any atom is -0.486 e. The molecule has 0 bridgehead atoms. The number of aromatic nitrogens is 2. The summed E-state index contributed by atoms with van der Waals surface area (Å²) in [4.78, 5) is 8.48. The van der Waals surface area contributed by atoms with Gasteiger partial charge < -0.3 is 9.47 Å². The molecule has 0 saturated carbocycles. The number of fused-ring (bicyclic) bond motifs is 1. The van der Waals surface area contributed by atoms with Gasteiger partial charge in [-0.1, -0.05) is 23.2 Å². The minimum atomic E-state index is 0.326. The van der Waals surface area contributed by atoms with Crippen LogP contribution in [0.4, 0.5) is 0 Å². The maximum Gasteiger partial charge on any atom is 0.175 e. The molecular formula is C12H6BrCl2IN2O2. The molecule has 3 rings (SSSR count). The van der Waals surface area contributed by atoms with E-state index in [2.05, 4.69) is 25.9 Å². The Hall–Kier alpha value is -0.310. The van der Waals surface area contributed by atoms with Gasteiger partial charge in [-0.15, -0.1) is 0 Å². The van der Waals surface area contributed by atoms with E-state index in [0.29, 0.717) is 44.4 Å². The SMILES string of the molecule is Clc1nc(-c2cc(Br)c3c(c2)OCCO3)nc(Cl)c1I.